The zero-order valence-corrected chi connectivity index (χ0v) is 14.6. The number of rotatable bonds is 4. The molecule has 3 heteroatoms. The van der Waals surface area contributed by atoms with Gasteiger partial charge in [0.15, 0.2) is 0 Å². The monoisotopic (exact) mass is 330 g/mol. The fourth-order valence-electron chi connectivity index (χ4n) is 3.33. The van der Waals surface area contributed by atoms with Crippen molar-refractivity contribution in [1.82, 2.24) is 4.57 Å². The van der Waals surface area contributed by atoms with E-state index in [0.717, 1.165) is 28.1 Å². The van der Waals surface area contributed by atoms with Crippen LogP contribution in [0, 0.1) is 6.92 Å². The molecule has 126 valence electrons. The van der Waals surface area contributed by atoms with E-state index >= 15 is 0 Å². The maximum Gasteiger partial charge on any atom is 0.257 e. The number of hydrogen-bond donors (Lipinski definition) is 1. The largest absolute Gasteiger partial charge is 0.351 e. The summed E-state index contributed by atoms with van der Waals surface area (Å²) in [4.78, 5) is 12.8. The Balaban J connectivity index is 1.58. The van der Waals surface area contributed by atoms with E-state index in [2.05, 4.69) is 41.2 Å². The summed E-state index contributed by atoms with van der Waals surface area (Å²) in [5.41, 5.74) is 6.14. The molecule has 1 aliphatic carbocycles. The molecule has 3 aromatic rings. The second-order valence-electron chi connectivity index (χ2n) is 6.80. The third-order valence-corrected chi connectivity index (χ3v) is 5.04. The quantitative estimate of drug-likeness (QED) is 0.707. The summed E-state index contributed by atoms with van der Waals surface area (Å²) in [6, 6.07) is 20.2. The number of nitrogens with zero attached hydrogens (tertiary/aromatic N) is 1. The van der Waals surface area contributed by atoms with Gasteiger partial charge in [0.2, 0.25) is 0 Å². The highest BCUT2D eigenvalue weighted by atomic mass is 16.1. The smallest absolute Gasteiger partial charge is 0.257 e. The number of amides is 1. The molecule has 1 saturated carbocycles. The van der Waals surface area contributed by atoms with Gasteiger partial charge in [-0.1, -0.05) is 42.5 Å². The normalized spacial score (nSPS) is 13.7. The highest BCUT2D eigenvalue weighted by Gasteiger charge is 2.28. The Kier molecular flexibility index (Phi) is 3.92. The summed E-state index contributed by atoms with van der Waals surface area (Å²) in [5.74, 6) is 0.594. The molecule has 0 spiro atoms. The Bertz CT molecular complexity index is 920. The number of carbonyl (C=O) groups excluding carboxylic acids is 1. The molecular formula is C22H22N2O. The van der Waals surface area contributed by atoms with Gasteiger partial charge in [-0.2, -0.15) is 0 Å². The van der Waals surface area contributed by atoms with Crippen LogP contribution >= 0.6 is 0 Å². The molecule has 0 aliphatic heterocycles. The number of aromatic nitrogens is 1. The van der Waals surface area contributed by atoms with Crippen LogP contribution in [0.5, 0.6) is 0 Å². The van der Waals surface area contributed by atoms with Gasteiger partial charge < -0.3 is 9.88 Å². The number of anilines is 1. The zero-order chi connectivity index (χ0) is 17.4. The van der Waals surface area contributed by atoms with Crippen LogP contribution in [-0.2, 0) is 7.05 Å². The third kappa shape index (κ3) is 3.10. The van der Waals surface area contributed by atoms with Crippen LogP contribution in [0.2, 0.25) is 0 Å². The van der Waals surface area contributed by atoms with Crippen LogP contribution in [0.25, 0.3) is 11.1 Å². The van der Waals surface area contributed by atoms with Crippen molar-refractivity contribution in [3.05, 3.63) is 77.6 Å². The zero-order valence-electron chi connectivity index (χ0n) is 14.6. The van der Waals surface area contributed by atoms with Gasteiger partial charge in [-0.05, 0) is 55.0 Å². The molecule has 1 fully saturated rings. The lowest BCUT2D eigenvalue weighted by molar-refractivity contribution is 0.102. The molecule has 0 atom stereocenters. The van der Waals surface area contributed by atoms with Crippen molar-refractivity contribution in [2.24, 2.45) is 7.05 Å². The highest BCUT2D eigenvalue weighted by molar-refractivity contribution is 6.05. The van der Waals surface area contributed by atoms with E-state index < -0.39 is 0 Å². The van der Waals surface area contributed by atoms with Crippen LogP contribution in [0.3, 0.4) is 0 Å². The fraction of sp³-hybridized carbons (Fsp3) is 0.227. The predicted octanol–water partition coefficient (Wildman–Crippen LogP) is 5.13. The van der Waals surface area contributed by atoms with E-state index in [1.54, 1.807) is 0 Å². The lowest BCUT2D eigenvalue weighted by Crippen LogP contribution is -2.12. The highest BCUT2D eigenvalue weighted by Crippen LogP contribution is 2.41. The SMILES string of the molecule is Cc1c(C(=O)Nc2cccc(-c3ccccc3)c2)cc(C2CC2)n1C. The van der Waals surface area contributed by atoms with Crippen molar-refractivity contribution in [3.63, 3.8) is 0 Å². The molecule has 1 aliphatic rings. The van der Waals surface area contributed by atoms with Crippen molar-refractivity contribution in [3.8, 4) is 11.1 Å². The molecule has 1 aromatic heterocycles. The molecule has 1 amide bonds. The Morgan fingerprint density at radius 2 is 1.72 bits per heavy atom. The van der Waals surface area contributed by atoms with Gasteiger partial charge in [0.05, 0.1) is 5.56 Å². The summed E-state index contributed by atoms with van der Waals surface area (Å²) in [6.07, 6.45) is 2.47. The lowest BCUT2D eigenvalue weighted by Gasteiger charge is -2.08. The maximum absolute atomic E-state index is 12.8. The first-order valence-electron chi connectivity index (χ1n) is 8.76. The summed E-state index contributed by atoms with van der Waals surface area (Å²) >= 11 is 0. The molecule has 0 unspecified atom stereocenters. The Hall–Kier alpha value is -2.81. The van der Waals surface area contributed by atoms with Crippen LogP contribution in [0.15, 0.2) is 60.7 Å². The first-order chi connectivity index (χ1) is 12.1. The summed E-state index contributed by atoms with van der Waals surface area (Å²) in [6.45, 7) is 2.02. The van der Waals surface area contributed by atoms with Crippen molar-refractivity contribution in [2.75, 3.05) is 5.32 Å². The van der Waals surface area contributed by atoms with Gasteiger partial charge in [0.25, 0.3) is 5.91 Å². The predicted molar refractivity (Wildman–Crippen MR) is 102 cm³/mol. The molecule has 3 nitrogen and oxygen atoms in total. The first-order valence-corrected chi connectivity index (χ1v) is 8.76. The minimum Gasteiger partial charge on any atom is -0.351 e. The van der Waals surface area contributed by atoms with E-state index in [-0.39, 0.29) is 5.91 Å². The summed E-state index contributed by atoms with van der Waals surface area (Å²) in [7, 11) is 2.05. The molecular weight excluding hydrogens is 308 g/mol. The topological polar surface area (TPSA) is 34.0 Å². The van der Waals surface area contributed by atoms with E-state index in [4.69, 9.17) is 0 Å². The Labute approximate surface area is 148 Å². The average molecular weight is 330 g/mol. The molecule has 25 heavy (non-hydrogen) atoms. The molecule has 2 aromatic carbocycles. The molecule has 1 heterocycles. The standard InChI is InChI=1S/C22H22N2O/c1-15-20(14-21(24(15)2)17-11-12-17)22(25)23-19-10-6-9-18(13-19)16-7-4-3-5-8-16/h3-10,13-14,17H,11-12H2,1-2H3,(H,23,25). The number of benzene rings is 2. The minimum absolute atomic E-state index is 0.0368. The van der Waals surface area contributed by atoms with Gasteiger partial charge in [0, 0.05) is 24.1 Å². The summed E-state index contributed by atoms with van der Waals surface area (Å²) in [5, 5.41) is 3.06. The Morgan fingerprint density at radius 3 is 2.44 bits per heavy atom. The summed E-state index contributed by atoms with van der Waals surface area (Å²) < 4.78 is 2.16. The average Bonchev–Trinajstić information content (AvgIpc) is 3.43. The number of carbonyl (C=O) groups is 1. The Morgan fingerprint density at radius 1 is 1.00 bits per heavy atom. The van der Waals surface area contributed by atoms with Crippen LogP contribution in [-0.4, -0.2) is 10.5 Å². The third-order valence-electron chi connectivity index (χ3n) is 5.04. The van der Waals surface area contributed by atoms with Crippen molar-refractivity contribution in [1.29, 1.82) is 0 Å². The molecule has 0 radical (unpaired) electrons. The fourth-order valence-corrected chi connectivity index (χ4v) is 3.33. The van der Waals surface area contributed by atoms with E-state index in [1.165, 1.54) is 18.5 Å². The lowest BCUT2D eigenvalue weighted by atomic mass is 10.1. The molecule has 0 saturated heterocycles. The molecule has 4 rings (SSSR count). The van der Waals surface area contributed by atoms with E-state index in [0.29, 0.717) is 5.92 Å². The van der Waals surface area contributed by atoms with Crippen molar-refractivity contribution in [2.45, 2.75) is 25.7 Å². The van der Waals surface area contributed by atoms with Gasteiger partial charge in [-0.15, -0.1) is 0 Å². The van der Waals surface area contributed by atoms with Crippen molar-refractivity contribution >= 4 is 11.6 Å². The molecule has 0 bridgehead atoms. The van der Waals surface area contributed by atoms with E-state index in [1.807, 2.05) is 43.3 Å². The van der Waals surface area contributed by atoms with Crippen molar-refractivity contribution < 1.29 is 4.79 Å². The van der Waals surface area contributed by atoms with Crippen LogP contribution in [0.1, 0.15) is 40.5 Å². The van der Waals surface area contributed by atoms with Crippen LogP contribution < -0.4 is 5.32 Å². The van der Waals surface area contributed by atoms with E-state index in [9.17, 15) is 4.79 Å². The van der Waals surface area contributed by atoms with Gasteiger partial charge in [-0.3, -0.25) is 4.79 Å². The maximum atomic E-state index is 12.8. The first kappa shape index (κ1) is 15.7. The number of hydrogen-bond acceptors (Lipinski definition) is 1. The second kappa shape index (κ2) is 6.25. The van der Waals surface area contributed by atoms with Gasteiger partial charge >= 0.3 is 0 Å². The number of nitrogens with one attached hydrogen (secondary N) is 1. The van der Waals surface area contributed by atoms with Crippen LogP contribution in [0.4, 0.5) is 5.69 Å². The van der Waals surface area contributed by atoms with Gasteiger partial charge in [0.1, 0.15) is 0 Å². The molecule has 1 N–H and O–H groups in total. The second-order valence-corrected chi connectivity index (χ2v) is 6.80. The van der Waals surface area contributed by atoms with Gasteiger partial charge in [-0.25, -0.2) is 0 Å². The minimum atomic E-state index is -0.0368.